The minimum atomic E-state index is 0.644. The van der Waals surface area contributed by atoms with Crippen molar-refractivity contribution in [3.63, 3.8) is 0 Å². The zero-order valence-corrected chi connectivity index (χ0v) is 11.3. The van der Waals surface area contributed by atoms with Gasteiger partial charge in [-0.05, 0) is 50.0 Å². The number of allylic oxidation sites excluding steroid dienone is 2. The molecular weight excluding hydrogens is 218 g/mol. The smallest absolute Gasteiger partial charge is 0.00204 e. The molecule has 1 aromatic carbocycles. The fourth-order valence-electron chi connectivity index (χ4n) is 3.20. The van der Waals surface area contributed by atoms with Crippen molar-refractivity contribution < 1.29 is 0 Å². The van der Waals surface area contributed by atoms with Gasteiger partial charge in [0, 0.05) is 13.1 Å². The second kappa shape index (κ2) is 4.89. The molecule has 1 aliphatic heterocycles. The van der Waals surface area contributed by atoms with Gasteiger partial charge in [0.1, 0.15) is 0 Å². The molecule has 18 heavy (non-hydrogen) atoms. The Morgan fingerprint density at radius 3 is 2.56 bits per heavy atom. The summed E-state index contributed by atoms with van der Waals surface area (Å²) in [5.74, 6) is 0. The lowest BCUT2D eigenvalue weighted by Gasteiger charge is -2.42. The number of hydrogen-bond donors (Lipinski definition) is 1. The molecule has 2 aliphatic rings. The number of aryl methyl sites for hydroxylation is 1. The van der Waals surface area contributed by atoms with Gasteiger partial charge in [0.25, 0.3) is 0 Å². The first kappa shape index (κ1) is 12.0. The van der Waals surface area contributed by atoms with E-state index in [4.69, 9.17) is 0 Å². The molecule has 0 amide bonds. The molecule has 0 aromatic heterocycles. The average Bonchev–Trinajstić information content (AvgIpc) is 2.54. The molecule has 0 atom stereocenters. The highest BCUT2D eigenvalue weighted by Crippen LogP contribution is 2.38. The number of nitrogens with one attached hydrogen (secondary N) is 1. The van der Waals surface area contributed by atoms with Gasteiger partial charge < -0.3 is 5.32 Å². The molecule has 0 saturated carbocycles. The molecule has 1 spiro atoms. The lowest BCUT2D eigenvalue weighted by molar-refractivity contribution is 0.143. The second-order valence-electron chi connectivity index (χ2n) is 6.17. The molecule has 1 heteroatoms. The van der Waals surface area contributed by atoms with Crippen molar-refractivity contribution in [1.82, 2.24) is 5.32 Å². The van der Waals surface area contributed by atoms with Crippen molar-refractivity contribution in [3.05, 3.63) is 47.0 Å². The van der Waals surface area contributed by atoms with Crippen LogP contribution in [-0.4, -0.2) is 13.1 Å². The highest BCUT2D eigenvalue weighted by atomic mass is 15.0. The van der Waals surface area contributed by atoms with Gasteiger partial charge >= 0.3 is 0 Å². The summed E-state index contributed by atoms with van der Waals surface area (Å²) in [6.07, 6.45) is 9.02. The summed E-state index contributed by atoms with van der Waals surface area (Å²) in [6, 6.07) is 9.01. The third-order valence-corrected chi connectivity index (χ3v) is 4.64. The largest absolute Gasteiger partial charge is 0.316 e. The molecular formula is C17H23N. The summed E-state index contributed by atoms with van der Waals surface area (Å²) in [5.41, 5.74) is 5.12. The van der Waals surface area contributed by atoms with E-state index in [9.17, 15) is 0 Å². The van der Waals surface area contributed by atoms with E-state index in [0.29, 0.717) is 5.41 Å². The molecule has 1 aliphatic carbocycles. The average molecular weight is 241 g/mol. The molecule has 1 heterocycles. The molecule has 3 rings (SSSR count). The Labute approximate surface area is 110 Å². The van der Waals surface area contributed by atoms with Crippen LogP contribution in [0.2, 0.25) is 0 Å². The summed E-state index contributed by atoms with van der Waals surface area (Å²) in [7, 11) is 0. The van der Waals surface area contributed by atoms with E-state index >= 15 is 0 Å². The second-order valence-corrected chi connectivity index (χ2v) is 6.17. The van der Waals surface area contributed by atoms with Crippen LogP contribution in [-0.2, 0) is 6.42 Å². The summed E-state index contributed by atoms with van der Waals surface area (Å²) >= 11 is 0. The quantitative estimate of drug-likeness (QED) is 0.780. The lowest BCUT2D eigenvalue weighted by Crippen LogP contribution is -2.53. The van der Waals surface area contributed by atoms with Crippen LogP contribution >= 0.6 is 0 Å². The van der Waals surface area contributed by atoms with Gasteiger partial charge in [-0.15, -0.1) is 0 Å². The molecule has 0 unspecified atom stereocenters. The molecule has 1 N–H and O–H groups in total. The minimum Gasteiger partial charge on any atom is -0.316 e. The van der Waals surface area contributed by atoms with Crippen molar-refractivity contribution in [3.8, 4) is 0 Å². The zero-order chi connectivity index (χ0) is 12.4. The summed E-state index contributed by atoms with van der Waals surface area (Å²) < 4.78 is 0. The summed E-state index contributed by atoms with van der Waals surface area (Å²) in [6.45, 7) is 4.65. The normalized spacial score (nSPS) is 22.2. The Balaban J connectivity index is 1.63. The van der Waals surface area contributed by atoms with Crippen molar-refractivity contribution in [2.75, 3.05) is 13.1 Å². The van der Waals surface area contributed by atoms with E-state index in [1.54, 1.807) is 5.57 Å². The van der Waals surface area contributed by atoms with Crippen LogP contribution in [0, 0.1) is 12.3 Å². The molecule has 96 valence electrons. The maximum atomic E-state index is 3.45. The molecule has 1 saturated heterocycles. The topological polar surface area (TPSA) is 12.0 Å². The van der Waals surface area contributed by atoms with Crippen LogP contribution < -0.4 is 5.32 Å². The van der Waals surface area contributed by atoms with Crippen molar-refractivity contribution in [1.29, 1.82) is 0 Å². The molecule has 0 radical (unpaired) electrons. The van der Waals surface area contributed by atoms with Crippen molar-refractivity contribution in [2.24, 2.45) is 5.41 Å². The van der Waals surface area contributed by atoms with Crippen LogP contribution in [0.15, 0.2) is 35.9 Å². The van der Waals surface area contributed by atoms with E-state index in [1.165, 1.54) is 49.9 Å². The highest BCUT2D eigenvalue weighted by molar-refractivity contribution is 5.26. The van der Waals surface area contributed by atoms with Gasteiger partial charge in [0.05, 0.1) is 0 Å². The third kappa shape index (κ3) is 2.51. The van der Waals surface area contributed by atoms with Gasteiger partial charge in [0.2, 0.25) is 0 Å². The van der Waals surface area contributed by atoms with E-state index in [0.717, 1.165) is 6.42 Å². The fraction of sp³-hybridized carbons (Fsp3) is 0.529. The predicted molar refractivity (Wildman–Crippen MR) is 76.7 cm³/mol. The summed E-state index contributed by atoms with van der Waals surface area (Å²) in [5, 5.41) is 3.45. The molecule has 0 bridgehead atoms. The number of rotatable bonds is 2. The van der Waals surface area contributed by atoms with E-state index in [2.05, 4.69) is 42.6 Å². The van der Waals surface area contributed by atoms with E-state index in [-0.39, 0.29) is 0 Å². The predicted octanol–water partition coefficient (Wildman–Crippen LogP) is 3.63. The Bertz CT molecular complexity index is 437. The monoisotopic (exact) mass is 241 g/mol. The molecule has 1 fully saturated rings. The maximum absolute atomic E-state index is 3.45. The first-order valence-corrected chi connectivity index (χ1v) is 7.20. The van der Waals surface area contributed by atoms with Gasteiger partial charge in [-0.2, -0.15) is 0 Å². The van der Waals surface area contributed by atoms with Crippen LogP contribution in [0.1, 0.15) is 36.8 Å². The number of benzene rings is 1. The Morgan fingerprint density at radius 2 is 1.89 bits per heavy atom. The maximum Gasteiger partial charge on any atom is 0.00204 e. The van der Waals surface area contributed by atoms with Gasteiger partial charge in [-0.1, -0.05) is 41.5 Å². The fourth-order valence-corrected chi connectivity index (χ4v) is 3.20. The third-order valence-electron chi connectivity index (χ3n) is 4.64. The summed E-state index contributed by atoms with van der Waals surface area (Å²) in [4.78, 5) is 0. The van der Waals surface area contributed by atoms with Gasteiger partial charge in [0.15, 0.2) is 0 Å². The van der Waals surface area contributed by atoms with Crippen molar-refractivity contribution in [2.45, 2.75) is 39.0 Å². The lowest BCUT2D eigenvalue weighted by atomic mass is 9.75. The Morgan fingerprint density at radius 1 is 1.11 bits per heavy atom. The highest BCUT2D eigenvalue weighted by Gasteiger charge is 2.36. The first-order valence-electron chi connectivity index (χ1n) is 7.20. The van der Waals surface area contributed by atoms with Crippen LogP contribution in [0.3, 0.4) is 0 Å². The molecule has 1 aromatic rings. The zero-order valence-electron chi connectivity index (χ0n) is 11.3. The first-order chi connectivity index (χ1) is 8.76. The minimum absolute atomic E-state index is 0.644. The van der Waals surface area contributed by atoms with E-state index in [1.807, 2.05) is 0 Å². The number of hydrogen-bond acceptors (Lipinski definition) is 1. The van der Waals surface area contributed by atoms with E-state index < -0.39 is 0 Å². The van der Waals surface area contributed by atoms with Gasteiger partial charge in [-0.25, -0.2) is 0 Å². The van der Waals surface area contributed by atoms with Crippen LogP contribution in [0.4, 0.5) is 0 Å². The Hall–Kier alpha value is -1.08. The van der Waals surface area contributed by atoms with Crippen LogP contribution in [0.25, 0.3) is 0 Å². The SMILES string of the molecule is Cc1ccc(CC2=CCCC3(CC2)CNC3)cc1. The van der Waals surface area contributed by atoms with Crippen LogP contribution in [0.5, 0.6) is 0 Å². The van der Waals surface area contributed by atoms with Gasteiger partial charge in [-0.3, -0.25) is 0 Å². The van der Waals surface area contributed by atoms with Crippen molar-refractivity contribution >= 4 is 0 Å². The molecule has 1 nitrogen and oxygen atoms in total. The standard InChI is InChI=1S/C17H23N/c1-14-4-6-16(7-5-14)11-15-3-2-9-17(10-8-15)12-18-13-17/h3-7,18H,2,8-13H2,1H3. The Kier molecular flexibility index (Phi) is 3.25.